The number of ketones is 1. The minimum Gasteiger partial charge on any atom is -0.299 e. The molecular formula is C13H15N3O2. The van der Waals surface area contributed by atoms with Gasteiger partial charge in [0.15, 0.2) is 0 Å². The quantitative estimate of drug-likeness (QED) is 0.803. The third-order valence-corrected chi connectivity index (χ3v) is 2.75. The van der Waals surface area contributed by atoms with Crippen LogP contribution in [0.3, 0.4) is 0 Å². The molecule has 2 rings (SSSR count). The number of benzene rings is 1. The van der Waals surface area contributed by atoms with E-state index < -0.39 is 0 Å². The van der Waals surface area contributed by atoms with Crippen LogP contribution in [0, 0.1) is 0 Å². The molecule has 1 aromatic carbocycles. The first-order chi connectivity index (χ1) is 8.75. The molecule has 0 aliphatic carbocycles. The molecule has 0 spiro atoms. The van der Waals surface area contributed by atoms with Gasteiger partial charge >= 0.3 is 0 Å². The molecule has 5 nitrogen and oxygen atoms in total. The maximum atomic E-state index is 11.6. The Kier molecular flexibility index (Phi) is 4.06. The lowest BCUT2D eigenvalue weighted by molar-refractivity contribution is -0.118. The van der Waals surface area contributed by atoms with Crippen molar-refractivity contribution in [3.8, 4) is 0 Å². The van der Waals surface area contributed by atoms with Crippen LogP contribution in [0.2, 0.25) is 0 Å². The van der Waals surface area contributed by atoms with Gasteiger partial charge in [-0.2, -0.15) is 5.10 Å². The molecular weight excluding hydrogens is 230 g/mol. The van der Waals surface area contributed by atoms with E-state index in [1.165, 1.54) is 5.56 Å². The van der Waals surface area contributed by atoms with E-state index in [0.717, 1.165) is 12.8 Å². The lowest BCUT2D eigenvalue weighted by Crippen LogP contribution is -2.12. The normalized spacial score (nSPS) is 10.4. The molecule has 0 saturated heterocycles. The minimum atomic E-state index is -0.314. The molecule has 5 heteroatoms. The third-order valence-electron chi connectivity index (χ3n) is 2.75. The van der Waals surface area contributed by atoms with Crippen LogP contribution in [-0.2, 0) is 17.6 Å². The molecule has 2 N–H and O–H groups in total. The van der Waals surface area contributed by atoms with Crippen LogP contribution in [-0.4, -0.2) is 21.2 Å². The highest BCUT2D eigenvalue weighted by molar-refractivity contribution is 5.80. The summed E-state index contributed by atoms with van der Waals surface area (Å²) in [6.07, 6.45) is 2.25. The van der Waals surface area contributed by atoms with Crippen molar-refractivity contribution in [2.45, 2.75) is 25.7 Å². The van der Waals surface area contributed by atoms with E-state index in [0.29, 0.717) is 6.42 Å². The fourth-order valence-electron chi connectivity index (χ4n) is 1.80. The highest BCUT2D eigenvalue weighted by Gasteiger charge is 2.09. The van der Waals surface area contributed by atoms with Crippen molar-refractivity contribution in [2.24, 2.45) is 0 Å². The van der Waals surface area contributed by atoms with Crippen molar-refractivity contribution >= 4 is 5.78 Å². The largest absolute Gasteiger partial charge is 0.299 e. The van der Waals surface area contributed by atoms with Crippen LogP contribution in [0.1, 0.15) is 24.1 Å². The Labute approximate surface area is 104 Å². The number of aryl methyl sites for hydroxylation is 1. The number of hydrogen-bond acceptors (Lipinski definition) is 3. The fraction of sp³-hybridized carbons (Fsp3) is 0.308. The predicted molar refractivity (Wildman–Crippen MR) is 67.3 cm³/mol. The van der Waals surface area contributed by atoms with Crippen molar-refractivity contribution in [1.29, 1.82) is 0 Å². The molecule has 18 heavy (non-hydrogen) atoms. The highest BCUT2D eigenvalue weighted by Crippen LogP contribution is 2.05. The molecule has 0 aliphatic rings. The number of hydrogen-bond donors (Lipinski definition) is 2. The second-order valence-corrected chi connectivity index (χ2v) is 4.18. The van der Waals surface area contributed by atoms with Gasteiger partial charge in [-0.15, -0.1) is 0 Å². The van der Waals surface area contributed by atoms with Gasteiger partial charge in [-0.3, -0.25) is 9.59 Å². The predicted octanol–water partition coefficient (Wildman–Crippen LogP) is 1.23. The highest BCUT2D eigenvalue weighted by atomic mass is 16.1. The number of carbonyl (C=O) groups is 1. The first-order valence-corrected chi connectivity index (χ1v) is 5.93. The van der Waals surface area contributed by atoms with Gasteiger partial charge in [-0.05, 0) is 18.4 Å². The molecule has 0 radical (unpaired) electrons. The summed E-state index contributed by atoms with van der Waals surface area (Å²) in [5.74, 6) is 0.0449. The Bertz CT molecular complexity index is 557. The maximum absolute atomic E-state index is 11.6. The number of Topliss-reactive ketones (excluding diaryl/α,β-unsaturated/α-hetero) is 1. The van der Waals surface area contributed by atoms with Crippen LogP contribution in [0.25, 0.3) is 0 Å². The zero-order valence-corrected chi connectivity index (χ0v) is 9.98. The Hall–Kier alpha value is -2.17. The molecule has 1 aromatic heterocycles. The van der Waals surface area contributed by atoms with Crippen LogP contribution < -0.4 is 5.56 Å². The van der Waals surface area contributed by atoms with Crippen molar-refractivity contribution in [3.05, 3.63) is 51.9 Å². The van der Waals surface area contributed by atoms with Gasteiger partial charge < -0.3 is 0 Å². The standard InChI is InChI=1S/C13H15N3O2/c17-11(9-12-13(18)15-16-14-12)8-4-7-10-5-2-1-3-6-10/h1-3,5-6H,4,7-9H2,(H2,14,15,16,18). The molecule has 0 aliphatic heterocycles. The summed E-state index contributed by atoms with van der Waals surface area (Å²) in [5, 5.41) is 8.37. The van der Waals surface area contributed by atoms with E-state index in [1.54, 1.807) is 0 Å². The molecule has 0 bridgehead atoms. The van der Waals surface area contributed by atoms with E-state index >= 15 is 0 Å². The maximum Gasteiger partial charge on any atom is 0.287 e. The van der Waals surface area contributed by atoms with Crippen LogP contribution in [0.5, 0.6) is 0 Å². The van der Waals surface area contributed by atoms with Crippen molar-refractivity contribution in [3.63, 3.8) is 0 Å². The molecule has 0 unspecified atom stereocenters. The number of nitrogens with zero attached hydrogens (tertiary/aromatic N) is 1. The van der Waals surface area contributed by atoms with Gasteiger partial charge in [-0.25, -0.2) is 10.3 Å². The number of nitrogens with one attached hydrogen (secondary N) is 2. The number of aromatic nitrogens is 3. The van der Waals surface area contributed by atoms with E-state index in [2.05, 4.69) is 15.4 Å². The Balaban J connectivity index is 1.76. The number of H-pyrrole nitrogens is 2. The molecule has 0 atom stereocenters. The summed E-state index contributed by atoms with van der Waals surface area (Å²) in [4.78, 5) is 22.8. The zero-order chi connectivity index (χ0) is 12.8. The van der Waals surface area contributed by atoms with Gasteiger partial charge in [0.25, 0.3) is 5.56 Å². The van der Waals surface area contributed by atoms with Crippen LogP contribution >= 0.6 is 0 Å². The summed E-state index contributed by atoms with van der Waals surface area (Å²) in [6.45, 7) is 0. The monoisotopic (exact) mass is 245 g/mol. The lowest BCUT2D eigenvalue weighted by atomic mass is 10.0. The van der Waals surface area contributed by atoms with Crippen molar-refractivity contribution in [2.75, 3.05) is 0 Å². The summed E-state index contributed by atoms with van der Waals surface area (Å²) >= 11 is 0. The molecule has 2 aromatic rings. The van der Waals surface area contributed by atoms with E-state index in [-0.39, 0.29) is 23.5 Å². The van der Waals surface area contributed by atoms with E-state index in [4.69, 9.17) is 0 Å². The van der Waals surface area contributed by atoms with Gasteiger partial charge in [0.05, 0.1) is 6.42 Å². The van der Waals surface area contributed by atoms with E-state index in [1.807, 2.05) is 30.3 Å². The van der Waals surface area contributed by atoms with Crippen molar-refractivity contribution in [1.82, 2.24) is 15.4 Å². The smallest absolute Gasteiger partial charge is 0.287 e. The van der Waals surface area contributed by atoms with Crippen LogP contribution in [0.15, 0.2) is 35.1 Å². The number of carbonyl (C=O) groups excluding carboxylic acids is 1. The summed E-state index contributed by atoms with van der Waals surface area (Å²) in [6, 6.07) is 10.0. The summed E-state index contributed by atoms with van der Waals surface area (Å²) in [7, 11) is 0. The average Bonchev–Trinajstić information content (AvgIpc) is 2.76. The summed E-state index contributed by atoms with van der Waals surface area (Å²) < 4.78 is 0. The Morgan fingerprint density at radius 3 is 2.67 bits per heavy atom. The second kappa shape index (κ2) is 5.95. The molecule has 0 fully saturated rings. The summed E-state index contributed by atoms with van der Waals surface area (Å²) in [5.41, 5.74) is 1.18. The average molecular weight is 245 g/mol. The first-order valence-electron chi connectivity index (χ1n) is 5.93. The van der Waals surface area contributed by atoms with Gasteiger partial charge in [0.2, 0.25) is 0 Å². The van der Waals surface area contributed by atoms with Gasteiger partial charge in [0, 0.05) is 6.42 Å². The number of aromatic amines is 2. The van der Waals surface area contributed by atoms with Gasteiger partial charge in [-0.1, -0.05) is 30.3 Å². The van der Waals surface area contributed by atoms with E-state index in [9.17, 15) is 9.59 Å². The Morgan fingerprint density at radius 1 is 1.22 bits per heavy atom. The molecule has 0 amide bonds. The number of rotatable bonds is 6. The zero-order valence-electron chi connectivity index (χ0n) is 9.98. The SMILES string of the molecule is O=C(CCCc1ccccc1)Cc1n[nH][nH]c1=O. The molecule has 0 saturated carbocycles. The first kappa shape index (κ1) is 12.3. The molecule has 1 heterocycles. The van der Waals surface area contributed by atoms with Crippen LogP contribution in [0.4, 0.5) is 0 Å². The topological polar surface area (TPSA) is 78.6 Å². The molecule has 94 valence electrons. The second-order valence-electron chi connectivity index (χ2n) is 4.18. The van der Waals surface area contributed by atoms with Crippen molar-refractivity contribution < 1.29 is 4.79 Å². The Morgan fingerprint density at radius 2 is 2.00 bits per heavy atom. The third kappa shape index (κ3) is 3.41. The fourth-order valence-corrected chi connectivity index (χ4v) is 1.80. The van der Waals surface area contributed by atoms with Gasteiger partial charge in [0.1, 0.15) is 11.5 Å². The lowest BCUT2D eigenvalue weighted by Gasteiger charge is -2.00. The minimum absolute atomic E-state index is 0.0449.